The van der Waals surface area contributed by atoms with Crippen LogP contribution in [0.25, 0.3) is 0 Å². The standard InChI is InChI=1S/C5HCl3/c6-2-1-5(8)3(2)4(5)7/h1H. The van der Waals surface area contributed by atoms with Gasteiger partial charge in [0.25, 0.3) is 0 Å². The minimum Gasteiger partial charge on any atom is -0.103 e. The van der Waals surface area contributed by atoms with E-state index < -0.39 is 4.87 Å². The molecule has 2 aliphatic rings. The molecule has 1 atom stereocenters. The first-order chi connectivity index (χ1) is 3.66. The summed E-state index contributed by atoms with van der Waals surface area (Å²) in [6, 6.07) is 0. The molecule has 3 heteroatoms. The van der Waals surface area contributed by atoms with Gasteiger partial charge < -0.3 is 0 Å². The van der Waals surface area contributed by atoms with Crippen LogP contribution in [0.4, 0.5) is 0 Å². The Morgan fingerprint density at radius 2 is 2.00 bits per heavy atom. The molecule has 0 N–H and O–H groups in total. The Kier molecular flexibility index (Phi) is 0.715. The fraction of sp³-hybridized carbons (Fsp3) is 0.200. The number of hydrogen-bond acceptors (Lipinski definition) is 0. The molecule has 0 bridgehead atoms. The Hall–Kier alpha value is 0.350. The van der Waals surface area contributed by atoms with Crippen molar-refractivity contribution < 1.29 is 0 Å². The molecule has 2 aliphatic carbocycles. The van der Waals surface area contributed by atoms with Gasteiger partial charge in [-0.15, -0.1) is 11.6 Å². The smallest absolute Gasteiger partial charge is 0.103 e. The first-order valence-electron chi connectivity index (χ1n) is 2.14. The maximum atomic E-state index is 5.76. The van der Waals surface area contributed by atoms with Crippen LogP contribution in [0.2, 0.25) is 0 Å². The van der Waals surface area contributed by atoms with Gasteiger partial charge in [0.05, 0.1) is 5.03 Å². The number of rotatable bonds is 0. The van der Waals surface area contributed by atoms with Crippen LogP contribution >= 0.6 is 34.8 Å². The van der Waals surface area contributed by atoms with Gasteiger partial charge in [-0.25, -0.2) is 0 Å². The molecular weight excluding hydrogens is 166 g/mol. The topological polar surface area (TPSA) is 0 Å². The molecule has 42 valence electrons. The van der Waals surface area contributed by atoms with E-state index >= 15 is 0 Å². The molecule has 0 nitrogen and oxygen atoms in total. The van der Waals surface area contributed by atoms with E-state index in [9.17, 15) is 0 Å². The molecule has 0 aromatic heterocycles. The minimum atomic E-state index is -0.404. The van der Waals surface area contributed by atoms with Crippen LogP contribution in [0.3, 0.4) is 0 Å². The van der Waals surface area contributed by atoms with Gasteiger partial charge in [0.2, 0.25) is 0 Å². The molecule has 0 amide bonds. The second-order valence-corrected chi connectivity index (χ2v) is 3.27. The zero-order valence-corrected chi connectivity index (χ0v) is 5.98. The summed E-state index contributed by atoms with van der Waals surface area (Å²) in [5.74, 6) is 0. The van der Waals surface area contributed by atoms with Gasteiger partial charge in [0, 0.05) is 10.6 Å². The van der Waals surface area contributed by atoms with E-state index in [-0.39, 0.29) is 0 Å². The van der Waals surface area contributed by atoms with Crippen LogP contribution < -0.4 is 0 Å². The lowest BCUT2D eigenvalue weighted by Gasteiger charge is -2.11. The van der Waals surface area contributed by atoms with Crippen LogP contribution in [-0.4, -0.2) is 4.87 Å². The third-order valence-corrected chi connectivity index (χ3v) is 2.77. The second kappa shape index (κ2) is 1.11. The van der Waals surface area contributed by atoms with Gasteiger partial charge in [0.15, 0.2) is 0 Å². The van der Waals surface area contributed by atoms with Gasteiger partial charge in [-0.05, 0) is 6.08 Å². The summed E-state index contributed by atoms with van der Waals surface area (Å²) >= 11 is 16.9. The lowest BCUT2D eigenvalue weighted by Crippen LogP contribution is -2.09. The van der Waals surface area contributed by atoms with Crippen molar-refractivity contribution in [1.29, 1.82) is 0 Å². The van der Waals surface area contributed by atoms with E-state index in [0.29, 0.717) is 10.1 Å². The lowest BCUT2D eigenvalue weighted by molar-refractivity contribution is 1.16. The quantitative estimate of drug-likeness (QED) is 0.487. The molecule has 0 radical (unpaired) electrons. The molecule has 0 saturated heterocycles. The summed E-state index contributed by atoms with van der Waals surface area (Å²) in [6.07, 6.45) is 1.74. The molecule has 1 unspecified atom stereocenters. The van der Waals surface area contributed by atoms with Crippen molar-refractivity contribution in [3.8, 4) is 0 Å². The molecule has 0 aromatic rings. The van der Waals surface area contributed by atoms with Crippen LogP contribution in [0, 0.1) is 0 Å². The molecule has 8 heavy (non-hydrogen) atoms. The Morgan fingerprint density at radius 3 is 2.00 bits per heavy atom. The van der Waals surface area contributed by atoms with Crippen molar-refractivity contribution >= 4 is 34.8 Å². The molecule has 0 saturated carbocycles. The SMILES string of the molecule is ClC1=CC2(Cl)C(Cl)=C12. The predicted molar refractivity (Wildman–Crippen MR) is 35.4 cm³/mol. The van der Waals surface area contributed by atoms with Gasteiger partial charge in [-0.3, -0.25) is 0 Å². The lowest BCUT2D eigenvalue weighted by atomic mass is 10.1. The second-order valence-electron chi connectivity index (χ2n) is 1.89. The van der Waals surface area contributed by atoms with Crippen LogP contribution in [-0.2, 0) is 0 Å². The van der Waals surface area contributed by atoms with E-state index in [1.165, 1.54) is 0 Å². The number of allylic oxidation sites excluding steroid dienone is 4. The van der Waals surface area contributed by atoms with E-state index in [4.69, 9.17) is 34.8 Å². The van der Waals surface area contributed by atoms with Crippen molar-refractivity contribution in [2.24, 2.45) is 0 Å². The van der Waals surface area contributed by atoms with E-state index in [1.807, 2.05) is 0 Å². The van der Waals surface area contributed by atoms with Gasteiger partial charge in [-0.1, -0.05) is 23.2 Å². The van der Waals surface area contributed by atoms with Gasteiger partial charge in [0.1, 0.15) is 4.87 Å². The Balaban J connectivity index is 2.45. The maximum absolute atomic E-state index is 5.76. The highest BCUT2D eigenvalue weighted by molar-refractivity contribution is 6.54. The summed E-state index contributed by atoms with van der Waals surface area (Å²) in [5, 5.41) is 1.41. The average Bonchev–Trinajstić information content (AvgIpc) is 2.03. The summed E-state index contributed by atoms with van der Waals surface area (Å²) in [5.41, 5.74) is 0.919. The Labute approximate surface area is 61.7 Å². The summed E-state index contributed by atoms with van der Waals surface area (Å²) in [6.45, 7) is 0. The zero-order chi connectivity index (χ0) is 5.94. The molecule has 0 spiro atoms. The minimum absolute atomic E-state index is 0.404. The van der Waals surface area contributed by atoms with Crippen LogP contribution in [0.1, 0.15) is 0 Å². The molecule has 2 rings (SSSR count). The van der Waals surface area contributed by atoms with Gasteiger partial charge >= 0.3 is 0 Å². The molecule has 0 aliphatic heterocycles. The molecule has 0 heterocycles. The summed E-state index contributed by atoms with van der Waals surface area (Å²) in [4.78, 5) is -0.404. The maximum Gasteiger partial charge on any atom is 0.128 e. The third kappa shape index (κ3) is 0.333. The van der Waals surface area contributed by atoms with Crippen molar-refractivity contribution in [2.45, 2.75) is 4.87 Å². The first-order valence-corrected chi connectivity index (χ1v) is 3.28. The first kappa shape index (κ1) is 5.16. The molecule has 0 aromatic carbocycles. The summed E-state index contributed by atoms with van der Waals surface area (Å²) in [7, 11) is 0. The highest BCUT2D eigenvalue weighted by atomic mass is 35.5. The van der Waals surface area contributed by atoms with Gasteiger partial charge in [-0.2, -0.15) is 0 Å². The van der Waals surface area contributed by atoms with Crippen molar-refractivity contribution in [2.75, 3.05) is 0 Å². The Bertz CT molecular complexity index is 226. The third-order valence-electron chi connectivity index (χ3n) is 1.40. The number of halogens is 3. The highest BCUT2D eigenvalue weighted by Crippen LogP contribution is 2.65. The van der Waals surface area contributed by atoms with Crippen LogP contribution in [0.15, 0.2) is 21.7 Å². The van der Waals surface area contributed by atoms with E-state index in [1.54, 1.807) is 6.08 Å². The van der Waals surface area contributed by atoms with Crippen molar-refractivity contribution in [1.82, 2.24) is 0 Å². The fourth-order valence-electron chi connectivity index (χ4n) is 0.826. The van der Waals surface area contributed by atoms with Crippen molar-refractivity contribution in [3.63, 3.8) is 0 Å². The summed E-state index contributed by atoms with van der Waals surface area (Å²) < 4.78 is 0. The number of hydrogen-bond donors (Lipinski definition) is 0. The molecule has 0 fully saturated rings. The highest BCUT2D eigenvalue weighted by Gasteiger charge is 2.58. The fourth-order valence-corrected chi connectivity index (χ4v) is 2.14. The zero-order valence-electron chi connectivity index (χ0n) is 3.71. The largest absolute Gasteiger partial charge is 0.128 e. The van der Waals surface area contributed by atoms with E-state index in [0.717, 1.165) is 5.57 Å². The monoisotopic (exact) mass is 166 g/mol. The Morgan fingerprint density at radius 1 is 1.38 bits per heavy atom. The number of alkyl halides is 1. The predicted octanol–water partition coefficient (Wildman–Crippen LogP) is 2.61. The van der Waals surface area contributed by atoms with Crippen molar-refractivity contribution in [3.05, 3.63) is 21.7 Å². The average molecular weight is 167 g/mol. The number of fused-ring (bicyclic) bond motifs is 1. The molecular formula is C5HCl3. The van der Waals surface area contributed by atoms with E-state index in [2.05, 4.69) is 0 Å². The normalized spacial score (nSPS) is 40.6. The van der Waals surface area contributed by atoms with Crippen LogP contribution in [0.5, 0.6) is 0 Å².